The number of aliphatic hydroxyl groups is 1. The second kappa shape index (κ2) is 5.70. The number of rotatable bonds is 5. The molecule has 1 heterocycles. The smallest absolute Gasteiger partial charge is 0.247 e. The van der Waals surface area contributed by atoms with Gasteiger partial charge in [0.1, 0.15) is 5.82 Å². The summed E-state index contributed by atoms with van der Waals surface area (Å²) in [4.78, 5) is 1.86. The summed E-state index contributed by atoms with van der Waals surface area (Å²) in [6.45, 7) is 1.08. The number of aromatic nitrogens is 2. The van der Waals surface area contributed by atoms with E-state index in [1.165, 1.54) is 12.1 Å². The first-order chi connectivity index (χ1) is 8.69. The Bertz CT molecular complexity index is 498. The van der Waals surface area contributed by atoms with Gasteiger partial charge in [0.25, 0.3) is 0 Å². The minimum atomic E-state index is -0.304. The van der Waals surface area contributed by atoms with E-state index < -0.39 is 0 Å². The second-order valence-electron chi connectivity index (χ2n) is 3.97. The van der Waals surface area contributed by atoms with Gasteiger partial charge in [0.15, 0.2) is 0 Å². The van der Waals surface area contributed by atoms with Gasteiger partial charge in [-0.05, 0) is 31.3 Å². The summed E-state index contributed by atoms with van der Waals surface area (Å²) >= 11 is 0. The van der Waals surface area contributed by atoms with Crippen LogP contribution in [0.4, 0.5) is 4.39 Å². The molecular formula is C12H14FN3O2. The number of hydrogen-bond acceptors (Lipinski definition) is 5. The number of benzene rings is 1. The molecule has 0 aliphatic carbocycles. The number of hydrogen-bond donors (Lipinski definition) is 1. The third-order valence-corrected chi connectivity index (χ3v) is 2.44. The molecule has 1 N–H and O–H groups in total. The molecule has 0 fully saturated rings. The van der Waals surface area contributed by atoms with E-state index in [1.807, 2.05) is 11.9 Å². The molecule has 2 rings (SSSR count). The first-order valence-electron chi connectivity index (χ1n) is 5.57. The lowest BCUT2D eigenvalue weighted by Gasteiger charge is -2.11. The van der Waals surface area contributed by atoms with Gasteiger partial charge in [-0.15, -0.1) is 10.2 Å². The van der Waals surface area contributed by atoms with Crippen molar-refractivity contribution in [1.29, 1.82) is 0 Å². The lowest BCUT2D eigenvalue weighted by molar-refractivity contribution is 0.206. The minimum absolute atomic E-state index is 0.0788. The highest BCUT2D eigenvalue weighted by molar-refractivity contribution is 5.51. The molecule has 1 aromatic carbocycles. The summed E-state index contributed by atoms with van der Waals surface area (Å²) in [7, 11) is 1.85. The molecule has 96 valence electrons. The van der Waals surface area contributed by atoms with Crippen LogP contribution in [0.15, 0.2) is 28.7 Å². The highest BCUT2D eigenvalue weighted by Crippen LogP contribution is 2.18. The monoisotopic (exact) mass is 251 g/mol. The van der Waals surface area contributed by atoms with Crippen molar-refractivity contribution in [2.75, 3.05) is 20.2 Å². The zero-order chi connectivity index (χ0) is 13.0. The predicted octanol–water partition coefficient (Wildman–Crippen LogP) is 1.30. The van der Waals surface area contributed by atoms with Crippen LogP contribution in [-0.4, -0.2) is 40.4 Å². The lowest BCUT2D eigenvalue weighted by atomic mass is 10.2. The molecule has 6 heteroatoms. The second-order valence-corrected chi connectivity index (χ2v) is 3.97. The summed E-state index contributed by atoms with van der Waals surface area (Å²) < 4.78 is 18.2. The van der Waals surface area contributed by atoms with Crippen molar-refractivity contribution < 1.29 is 13.9 Å². The Morgan fingerprint density at radius 3 is 2.67 bits per heavy atom. The molecular weight excluding hydrogens is 237 g/mol. The topological polar surface area (TPSA) is 62.4 Å². The van der Waals surface area contributed by atoms with Crippen LogP contribution in [0.5, 0.6) is 0 Å². The van der Waals surface area contributed by atoms with Crippen molar-refractivity contribution in [3.8, 4) is 11.5 Å². The van der Waals surface area contributed by atoms with Crippen LogP contribution in [0, 0.1) is 5.82 Å². The van der Waals surface area contributed by atoms with Gasteiger partial charge in [-0.2, -0.15) is 0 Å². The quantitative estimate of drug-likeness (QED) is 0.867. The van der Waals surface area contributed by atoms with Gasteiger partial charge in [0.2, 0.25) is 11.8 Å². The Morgan fingerprint density at radius 2 is 2.00 bits per heavy atom. The molecule has 0 atom stereocenters. The zero-order valence-electron chi connectivity index (χ0n) is 10.0. The number of likely N-dealkylation sites (N-methyl/N-ethyl adjacent to an activating group) is 1. The molecule has 0 amide bonds. The van der Waals surface area contributed by atoms with E-state index in [2.05, 4.69) is 10.2 Å². The Labute approximate surface area is 104 Å². The maximum Gasteiger partial charge on any atom is 0.247 e. The maximum absolute atomic E-state index is 12.8. The molecule has 18 heavy (non-hydrogen) atoms. The van der Waals surface area contributed by atoms with E-state index in [0.717, 1.165) is 0 Å². The van der Waals surface area contributed by atoms with E-state index in [9.17, 15) is 4.39 Å². The minimum Gasteiger partial charge on any atom is -0.419 e. The van der Waals surface area contributed by atoms with Crippen LogP contribution in [0.1, 0.15) is 5.89 Å². The van der Waals surface area contributed by atoms with Gasteiger partial charge < -0.3 is 9.52 Å². The molecule has 0 aliphatic heterocycles. The lowest BCUT2D eigenvalue weighted by Crippen LogP contribution is -2.21. The van der Waals surface area contributed by atoms with Crippen LogP contribution in [0.25, 0.3) is 11.5 Å². The fourth-order valence-corrected chi connectivity index (χ4v) is 1.51. The summed E-state index contributed by atoms with van der Waals surface area (Å²) in [5.41, 5.74) is 0.681. The van der Waals surface area contributed by atoms with Crippen molar-refractivity contribution in [3.05, 3.63) is 36.0 Å². The van der Waals surface area contributed by atoms with Gasteiger partial charge in [-0.3, -0.25) is 4.90 Å². The van der Waals surface area contributed by atoms with Crippen LogP contribution in [0.2, 0.25) is 0 Å². The fraction of sp³-hybridized carbons (Fsp3) is 0.333. The molecule has 5 nitrogen and oxygen atoms in total. The molecule has 0 bridgehead atoms. The normalized spacial score (nSPS) is 11.1. The van der Waals surface area contributed by atoms with Crippen LogP contribution in [-0.2, 0) is 6.54 Å². The van der Waals surface area contributed by atoms with Crippen molar-refractivity contribution in [1.82, 2.24) is 15.1 Å². The SMILES string of the molecule is CN(CCO)Cc1nnc(-c2ccc(F)cc2)o1. The number of halogens is 1. The number of nitrogens with zero attached hydrogens (tertiary/aromatic N) is 3. The van der Waals surface area contributed by atoms with E-state index >= 15 is 0 Å². The van der Waals surface area contributed by atoms with Crippen LogP contribution in [0.3, 0.4) is 0 Å². The molecule has 0 unspecified atom stereocenters. The van der Waals surface area contributed by atoms with Crippen molar-refractivity contribution in [2.24, 2.45) is 0 Å². The van der Waals surface area contributed by atoms with Crippen LogP contribution < -0.4 is 0 Å². The first kappa shape index (κ1) is 12.7. The van der Waals surface area contributed by atoms with Gasteiger partial charge >= 0.3 is 0 Å². The maximum atomic E-state index is 12.8. The van der Waals surface area contributed by atoms with Gasteiger partial charge in [-0.25, -0.2) is 4.39 Å². The first-order valence-corrected chi connectivity index (χ1v) is 5.57. The average Bonchev–Trinajstić information content (AvgIpc) is 2.78. The third kappa shape index (κ3) is 3.12. The molecule has 0 saturated heterocycles. The van der Waals surface area contributed by atoms with E-state index in [1.54, 1.807) is 12.1 Å². The van der Waals surface area contributed by atoms with Crippen molar-refractivity contribution >= 4 is 0 Å². The van der Waals surface area contributed by atoms with E-state index in [4.69, 9.17) is 9.52 Å². The average molecular weight is 251 g/mol. The predicted molar refractivity (Wildman–Crippen MR) is 63.1 cm³/mol. The summed E-state index contributed by atoms with van der Waals surface area (Å²) in [5.74, 6) is 0.522. The Hall–Kier alpha value is -1.79. The highest BCUT2D eigenvalue weighted by atomic mass is 19.1. The van der Waals surface area contributed by atoms with Gasteiger partial charge in [0, 0.05) is 12.1 Å². The van der Waals surface area contributed by atoms with Crippen molar-refractivity contribution in [2.45, 2.75) is 6.54 Å². The molecule has 0 radical (unpaired) electrons. The third-order valence-electron chi connectivity index (χ3n) is 2.44. The number of aliphatic hydroxyl groups excluding tert-OH is 1. The van der Waals surface area contributed by atoms with E-state index in [0.29, 0.717) is 30.4 Å². The largest absolute Gasteiger partial charge is 0.419 e. The molecule has 2 aromatic rings. The van der Waals surface area contributed by atoms with Gasteiger partial charge in [-0.1, -0.05) is 0 Å². The molecule has 0 saturated carbocycles. The summed E-state index contributed by atoms with van der Waals surface area (Å²) in [6.07, 6.45) is 0. The Kier molecular flexibility index (Phi) is 4.01. The zero-order valence-corrected chi connectivity index (χ0v) is 10.0. The Morgan fingerprint density at radius 1 is 1.28 bits per heavy atom. The molecule has 0 aliphatic rings. The van der Waals surface area contributed by atoms with Crippen LogP contribution >= 0.6 is 0 Å². The summed E-state index contributed by atoms with van der Waals surface area (Å²) in [6, 6.07) is 5.86. The van der Waals surface area contributed by atoms with Gasteiger partial charge in [0.05, 0.1) is 13.2 Å². The fourth-order valence-electron chi connectivity index (χ4n) is 1.51. The molecule has 0 spiro atoms. The standard InChI is InChI=1S/C12H14FN3O2/c1-16(6-7-17)8-11-14-15-12(18-11)9-2-4-10(13)5-3-9/h2-5,17H,6-8H2,1H3. The Balaban J connectivity index is 2.08. The van der Waals surface area contributed by atoms with E-state index in [-0.39, 0.29) is 12.4 Å². The highest BCUT2D eigenvalue weighted by Gasteiger charge is 2.10. The molecule has 1 aromatic heterocycles. The summed E-state index contributed by atoms with van der Waals surface area (Å²) in [5, 5.41) is 16.6. The van der Waals surface area contributed by atoms with Crippen molar-refractivity contribution in [3.63, 3.8) is 0 Å².